The van der Waals surface area contributed by atoms with E-state index in [9.17, 15) is 0 Å². The Labute approximate surface area is 110 Å². The van der Waals surface area contributed by atoms with Gasteiger partial charge >= 0.3 is 0 Å². The number of anilines is 1. The van der Waals surface area contributed by atoms with Gasteiger partial charge in [-0.15, -0.1) is 0 Å². The molecule has 0 spiro atoms. The Morgan fingerprint density at radius 3 is 2.61 bits per heavy atom. The molecule has 1 aromatic rings. The van der Waals surface area contributed by atoms with Crippen LogP contribution in [0.1, 0.15) is 51.5 Å². The minimum absolute atomic E-state index is 0.0242. The van der Waals surface area contributed by atoms with Gasteiger partial charge in [0, 0.05) is 26.7 Å². The summed E-state index contributed by atoms with van der Waals surface area (Å²) < 4.78 is 2.55. The van der Waals surface area contributed by atoms with Crippen LogP contribution in [0.2, 0.25) is 0 Å². The first-order chi connectivity index (χ1) is 8.67. The summed E-state index contributed by atoms with van der Waals surface area (Å²) in [4.78, 5) is 0. The van der Waals surface area contributed by atoms with Crippen LogP contribution in [0.5, 0.6) is 0 Å². The lowest BCUT2D eigenvalue weighted by Crippen LogP contribution is -2.51. The zero-order chi connectivity index (χ0) is 12.6. The van der Waals surface area contributed by atoms with Crippen molar-refractivity contribution in [2.45, 2.75) is 57.7 Å². The Balaban J connectivity index is 1.98. The number of nitrogens with zero attached hydrogens (tertiary/aromatic N) is 1. The zero-order valence-corrected chi connectivity index (χ0v) is 11.4. The van der Waals surface area contributed by atoms with Gasteiger partial charge in [-0.05, 0) is 25.0 Å². The maximum Gasteiger partial charge on any atom is 0.230 e. The van der Waals surface area contributed by atoms with Gasteiger partial charge in [-0.3, -0.25) is 0 Å². The fraction of sp³-hybridized carbons (Fsp3) is 0.562. The highest BCUT2D eigenvalue weighted by atomic mass is 15.3. The molecule has 0 aromatic heterocycles. The second-order valence-electron chi connectivity index (χ2n) is 6.10. The van der Waals surface area contributed by atoms with Crippen LogP contribution in [-0.2, 0) is 0 Å². The summed E-state index contributed by atoms with van der Waals surface area (Å²) >= 11 is 0. The van der Waals surface area contributed by atoms with E-state index in [2.05, 4.69) is 54.2 Å². The van der Waals surface area contributed by atoms with Crippen molar-refractivity contribution < 1.29 is 4.58 Å². The SMILES string of the molecule is CC1(C)Nc2ccccc2C=[N+]1C1CCCCC1. The molecule has 2 aliphatic rings. The molecule has 0 radical (unpaired) electrons. The lowest BCUT2D eigenvalue weighted by Gasteiger charge is -2.34. The monoisotopic (exact) mass is 243 g/mol. The zero-order valence-electron chi connectivity index (χ0n) is 11.4. The predicted octanol–water partition coefficient (Wildman–Crippen LogP) is 3.61. The molecule has 1 aliphatic heterocycles. The lowest BCUT2D eigenvalue weighted by molar-refractivity contribution is -0.626. The molecule has 1 heterocycles. The lowest BCUT2D eigenvalue weighted by atomic mass is 9.92. The highest BCUT2D eigenvalue weighted by Crippen LogP contribution is 2.29. The molecule has 0 amide bonds. The summed E-state index contributed by atoms with van der Waals surface area (Å²) in [6, 6.07) is 9.30. The van der Waals surface area contributed by atoms with Crippen LogP contribution in [0.3, 0.4) is 0 Å². The maximum absolute atomic E-state index is 3.68. The van der Waals surface area contributed by atoms with Crippen LogP contribution in [0.25, 0.3) is 0 Å². The van der Waals surface area contributed by atoms with E-state index in [4.69, 9.17) is 0 Å². The van der Waals surface area contributed by atoms with E-state index in [1.54, 1.807) is 0 Å². The Bertz CT molecular complexity index is 468. The van der Waals surface area contributed by atoms with Crippen molar-refractivity contribution in [3.63, 3.8) is 0 Å². The van der Waals surface area contributed by atoms with Gasteiger partial charge in [-0.25, -0.2) is 4.58 Å². The van der Waals surface area contributed by atoms with Gasteiger partial charge in [0.1, 0.15) is 0 Å². The molecule has 1 fully saturated rings. The number of rotatable bonds is 1. The number of hydrogen-bond acceptors (Lipinski definition) is 1. The van der Waals surface area contributed by atoms with Gasteiger partial charge in [-0.2, -0.15) is 0 Å². The first kappa shape index (κ1) is 11.8. The fourth-order valence-electron chi connectivity index (χ4n) is 3.35. The summed E-state index contributed by atoms with van der Waals surface area (Å²) in [7, 11) is 0. The number of nitrogens with one attached hydrogen (secondary N) is 1. The number of hydrogen-bond donors (Lipinski definition) is 1. The van der Waals surface area contributed by atoms with Crippen molar-refractivity contribution in [3.05, 3.63) is 29.8 Å². The first-order valence-electron chi connectivity index (χ1n) is 7.17. The fourth-order valence-corrected chi connectivity index (χ4v) is 3.35. The van der Waals surface area contributed by atoms with Gasteiger partial charge in [0.25, 0.3) is 0 Å². The van der Waals surface area contributed by atoms with E-state index in [1.165, 1.54) is 43.4 Å². The van der Waals surface area contributed by atoms with E-state index in [0.717, 1.165) is 0 Å². The van der Waals surface area contributed by atoms with Crippen molar-refractivity contribution in [3.8, 4) is 0 Å². The van der Waals surface area contributed by atoms with Gasteiger partial charge in [0.2, 0.25) is 5.66 Å². The van der Waals surface area contributed by atoms with E-state index in [0.29, 0.717) is 6.04 Å². The van der Waals surface area contributed by atoms with Crippen LogP contribution < -0.4 is 5.32 Å². The molecule has 0 unspecified atom stereocenters. The highest BCUT2D eigenvalue weighted by Gasteiger charge is 2.39. The predicted molar refractivity (Wildman–Crippen MR) is 76.4 cm³/mol. The number of benzene rings is 1. The molecule has 2 heteroatoms. The first-order valence-corrected chi connectivity index (χ1v) is 7.17. The summed E-state index contributed by atoms with van der Waals surface area (Å²) in [6.45, 7) is 4.57. The standard InChI is InChI=1S/C16H22N2/c1-16(2)17-15-11-7-6-8-13(15)12-18(16)14-9-4-3-5-10-14/h6-8,11-12,14H,3-5,9-10H2,1-2H3/p+1. The van der Waals surface area contributed by atoms with Crippen LogP contribution in [0.4, 0.5) is 5.69 Å². The third-order valence-electron chi connectivity index (χ3n) is 4.29. The Morgan fingerprint density at radius 2 is 1.83 bits per heavy atom. The summed E-state index contributed by atoms with van der Waals surface area (Å²) in [5.74, 6) is 0. The third kappa shape index (κ3) is 2.05. The van der Waals surface area contributed by atoms with Crippen molar-refractivity contribution >= 4 is 11.9 Å². The minimum Gasteiger partial charge on any atom is -0.325 e. The van der Waals surface area contributed by atoms with Gasteiger partial charge in [0.05, 0.1) is 11.3 Å². The number of para-hydroxylation sites is 1. The molecular formula is C16H23N2+. The van der Waals surface area contributed by atoms with Crippen LogP contribution >= 0.6 is 0 Å². The molecule has 3 rings (SSSR count). The molecule has 1 saturated carbocycles. The molecule has 96 valence electrons. The molecule has 0 bridgehead atoms. The summed E-state index contributed by atoms with van der Waals surface area (Å²) in [5, 5.41) is 3.68. The Morgan fingerprint density at radius 1 is 1.11 bits per heavy atom. The average molecular weight is 243 g/mol. The molecule has 0 atom stereocenters. The highest BCUT2D eigenvalue weighted by molar-refractivity contribution is 5.86. The van der Waals surface area contributed by atoms with Gasteiger partial charge in [-0.1, -0.05) is 18.6 Å². The largest absolute Gasteiger partial charge is 0.325 e. The Hall–Kier alpha value is -1.31. The van der Waals surface area contributed by atoms with Crippen LogP contribution in [-0.4, -0.2) is 22.5 Å². The van der Waals surface area contributed by atoms with E-state index < -0.39 is 0 Å². The van der Waals surface area contributed by atoms with Crippen LogP contribution in [0.15, 0.2) is 24.3 Å². The third-order valence-corrected chi connectivity index (χ3v) is 4.29. The second-order valence-corrected chi connectivity index (χ2v) is 6.10. The van der Waals surface area contributed by atoms with E-state index in [-0.39, 0.29) is 5.66 Å². The smallest absolute Gasteiger partial charge is 0.230 e. The summed E-state index contributed by atoms with van der Waals surface area (Å²) in [5.41, 5.74) is 2.60. The molecule has 0 saturated heterocycles. The van der Waals surface area contributed by atoms with Gasteiger partial charge < -0.3 is 5.32 Å². The molecular weight excluding hydrogens is 220 g/mol. The van der Waals surface area contributed by atoms with E-state index in [1.807, 2.05) is 0 Å². The minimum atomic E-state index is 0.0242. The van der Waals surface area contributed by atoms with Crippen LogP contribution in [0, 0.1) is 0 Å². The second kappa shape index (κ2) is 4.42. The molecule has 18 heavy (non-hydrogen) atoms. The van der Waals surface area contributed by atoms with E-state index >= 15 is 0 Å². The van der Waals surface area contributed by atoms with Gasteiger partial charge in [0.15, 0.2) is 12.3 Å². The normalized spacial score (nSPS) is 22.9. The topological polar surface area (TPSA) is 15.0 Å². The average Bonchev–Trinajstić information content (AvgIpc) is 2.38. The Kier molecular flexibility index (Phi) is 2.89. The quantitative estimate of drug-likeness (QED) is 0.745. The maximum atomic E-state index is 3.68. The molecule has 1 aromatic carbocycles. The van der Waals surface area contributed by atoms with Crippen molar-refractivity contribution in [2.75, 3.05) is 5.32 Å². The molecule has 1 aliphatic carbocycles. The molecule has 1 N–H and O–H groups in total. The summed E-state index contributed by atoms with van der Waals surface area (Å²) in [6.07, 6.45) is 9.21. The number of fused-ring (bicyclic) bond motifs is 1. The van der Waals surface area contributed by atoms with Crippen molar-refractivity contribution in [1.82, 2.24) is 0 Å². The van der Waals surface area contributed by atoms with Crippen molar-refractivity contribution in [1.29, 1.82) is 0 Å². The molecule has 2 nitrogen and oxygen atoms in total. The van der Waals surface area contributed by atoms with Crippen molar-refractivity contribution in [2.24, 2.45) is 0 Å².